The fourth-order valence-electron chi connectivity index (χ4n) is 2.19. The minimum atomic E-state index is -1.02. The normalized spacial score (nSPS) is 19.2. The second kappa shape index (κ2) is 6.59. The van der Waals surface area contributed by atoms with Crippen molar-refractivity contribution in [3.63, 3.8) is 0 Å². The van der Waals surface area contributed by atoms with Crippen molar-refractivity contribution in [3.8, 4) is 0 Å². The van der Waals surface area contributed by atoms with Crippen LogP contribution >= 0.6 is 0 Å². The van der Waals surface area contributed by atoms with Crippen molar-refractivity contribution in [1.82, 2.24) is 10.2 Å². The van der Waals surface area contributed by atoms with Crippen LogP contribution in [0.25, 0.3) is 0 Å². The van der Waals surface area contributed by atoms with E-state index in [9.17, 15) is 18.4 Å². The van der Waals surface area contributed by atoms with Crippen LogP contribution < -0.4 is 10.6 Å². The molecule has 6 nitrogen and oxygen atoms in total. The largest absolute Gasteiger partial charge is 0.480 e. The first-order valence-corrected chi connectivity index (χ1v) is 6.39. The molecule has 2 rings (SSSR count). The van der Waals surface area contributed by atoms with Crippen LogP contribution in [-0.2, 0) is 9.59 Å². The fraction of sp³-hybridized carbons (Fsp3) is 0.385. The number of rotatable bonds is 4. The number of nitrogens with zero attached hydrogens (tertiary/aromatic N) is 1. The third-order valence-corrected chi connectivity index (χ3v) is 3.13. The van der Waals surface area contributed by atoms with Gasteiger partial charge in [-0.1, -0.05) is 0 Å². The third-order valence-electron chi connectivity index (χ3n) is 3.13. The summed E-state index contributed by atoms with van der Waals surface area (Å²) in [6.45, 7) is 1.07. The number of halogens is 2. The number of piperazine rings is 1. The van der Waals surface area contributed by atoms with Gasteiger partial charge >= 0.3 is 5.97 Å². The summed E-state index contributed by atoms with van der Waals surface area (Å²) in [5.41, 5.74) is -0.000454. The molecule has 8 heteroatoms. The molecular weight excluding hydrogens is 284 g/mol. The first-order chi connectivity index (χ1) is 9.95. The van der Waals surface area contributed by atoms with Crippen LogP contribution in [0.2, 0.25) is 0 Å². The molecule has 1 saturated heterocycles. The summed E-state index contributed by atoms with van der Waals surface area (Å²) in [5, 5.41) is 14.4. The number of carboxylic acid groups (broad SMARTS) is 1. The summed E-state index contributed by atoms with van der Waals surface area (Å²) < 4.78 is 26.0. The van der Waals surface area contributed by atoms with Crippen LogP contribution in [-0.4, -0.2) is 54.1 Å². The highest BCUT2D eigenvalue weighted by Gasteiger charge is 2.29. The summed E-state index contributed by atoms with van der Waals surface area (Å²) in [7, 11) is 0. The van der Waals surface area contributed by atoms with Crippen LogP contribution in [0.5, 0.6) is 0 Å². The van der Waals surface area contributed by atoms with Crippen molar-refractivity contribution in [3.05, 3.63) is 29.8 Å². The third kappa shape index (κ3) is 4.20. The van der Waals surface area contributed by atoms with Crippen molar-refractivity contribution in [2.75, 3.05) is 31.5 Å². The molecule has 0 saturated carbocycles. The van der Waals surface area contributed by atoms with Crippen molar-refractivity contribution in [2.24, 2.45) is 0 Å². The lowest BCUT2D eigenvalue weighted by Gasteiger charge is -2.32. The number of carboxylic acids is 1. The standard InChI is InChI=1S/C13H15F2N3O3/c14-8-3-9(15)5-10(4-8)17-12(19)7-18-2-1-16-6-11(18)13(20)21/h3-5,11,16H,1-2,6-7H2,(H,17,19)(H,20,21). The molecule has 1 aliphatic rings. The van der Waals surface area contributed by atoms with E-state index in [0.29, 0.717) is 19.2 Å². The van der Waals surface area contributed by atoms with Crippen LogP contribution in [0, 0.1) is 11.6 Å². The van der Waals surface area contributed by atoms with Gasteiger partial charge in [-0.25, -0.2) is 8.78 Å². The first-order valence-electron chi connectivity index (χ1n) is 6.39. The van der Waals surface area contributed by atoms with E-state index < -0.39 is 29.6 Å². The van der Waals surface area contributed by atoms with Gasteiger partial charge in [-0.2, -0.15) is 0 Å². The van der Waals surface area contributed by atoms with Crippen molar-refractivity contribution < 1.29 is 23.5 Å². The zero-order chi connectivity index (χ0) is 15.4. The van der Waals surface area contributed by atoms with Gasteiger partial charge in [0.1, 0.15) is 17.7 Å². The second-order valence-electron chi connectivity index (χ2n) is 4.73. The molecule has 1 amide bonds. The Labute approximate surface area is 119 Å². The van der Waals surface area contributed by atoms with E-state index in [1.165, 1.54) is 4.90 Å². The summed E-state index contributed by atoms with van der Waals surface area (Å²) in [6, 6.07) is 1.89. The maximum atomic E-state index is 13.0. The molecule has 1 atom stereocenters. The number of carbonyl (C=O) groups is 2. The van der Waals surface area contributed by atoms with Gasteiger partial charge in [0.2, 0.25) is 5.91 Å². The van der Waals surface area contributed by atoms with Gasteiger partial charge in [-0.05, 0) is 12.1 Å². The van der Waals surface area contributed by atoms with Gasteiger partial charge in [-0.15, -0.1) is 0 Å². The molecule has 0 spiro atoms. The Kier molecular flexibility index (Phi) is 4.81. The molecular formula is C13H15F2N3O3. The highest BCUT2D eigenvalue weighted by Crippen LogP contribution is 2.13. The molecule has 1 fully saturated rings. The van der Waals surface area contributed by atoms with E-state index in [2.05, 4.69) is 10.6 Å². The minimum Gasteiger partial charge on any atom is -0.480 e. The number of hydrogen-bond donors (Lipinski definition) is 3. The van der Waals surface area contributed by atoms with Crippen LogP contribution in [0.1, 0.15) is 0 Å². The lowest BCUT2D eigenvalue weighted by Crippen LogP contribution is -2.56. The van der Waals surface area contributed by atoms with Gasteiger partial charge < -0.3 is 15.7 Å². The zero-order valence-electron chi connectivity index (χ0n) is 11.1. The predicted molar refractivity (Wildman–Crippen MR) is 70.9 cm³/mol. The van der Waals surface area contributed by atoms with Crippen LogP contribution in [0.4, 0.5) is 14.5 Å². The Morgan fingerprint density at radius 1 is 1.33 bits per heavy atom. The number of aliphatic carboxylic acids is 1. The summed E-state index contributed by atoms with van der Waals surface area (Å²) >= 11 is 0. The Bertz CT molecular complexity index is 533. The van der Waals surface area contributed by atoms with E-state index >= 15 is 0 Å². The van der Waals surface area contributed by atoms with Crippen molar-refractivity contribution in [1.29, 1.82) is 0 Å². The topological polar surface area (TPSA) is 81.7 Å². The Balaban J connectivity index is 1.98. The van der Waals surface area contributed by atoms with E-state index in [4.69, 9.17) is 5.11 Å². The van der Waals surface area contributed by atoms with E-state index in [0.717, 1.165) is 12.1 Å². The van der Waals surface area contributed by atoms with Crippen molar-refractivity contribution in [2.45, 2.75) is 6.04 Å². The van der Waals surface area contributed by atoms with Gasteiger partial charge in [0, 0.05) is 31.4 Å². The monoisotopic (exact) mass is 299 g/mol. The number of amides is 1. The predicted octanol–water partition coefficient (Wildman–Crippen LogP) is 0.262. The SMILES string of the molecule is O=C(CN1CCNCC1C(=O)O)Nc1cc(F)cc(F)c1. The second-order valence-corrected chi connectivity index (χ2v) is 4.73. The molecule has 1 heterocycles. The first kappa shape index (κ1) is 15.3. The number of benzene rings is 1. The Morgan fingerprint density at radius 2 is 2.00 bits per heavy atom. The molecule has 21 heavy (non-hydrogen) atoms. The molecule has 1 unspecified atom stereocenters. The number of hydrogen-bond acceptors (Lipinski definition) is 4. The van der Waals surface area contributed by atoms with Gasteiger partial charge in [0.15, 0.2) is 0 Å². The molecule has 3 N–H and O–H groups in total. The average Bonchev–Trinajstić information content (AvgIpc) is 2.37. The molecule has 1 aromatic rings. The quantitative estimate of drug-likeness (QED) is 0.743. The fourth-order valence-corrected chi connectivity index (χ4v) is 2.19. The summed E-state index contributed by atoms with van der Waals surface area (Å²) in [4.78, 5) is 24.4. The van der Waals surface area contributed by atoms with E-state index in [1.807, 2.05) is 0 Å². The molecule has 0 aliphatic carbocycles. The van der Waals surface area contributed by atoms with Crippen LogP contribution in [0.3, 0.4) is 0 Å². The minimum absolute atomic E-state index is 0.000454. The Morgan fingerprint density at radius 3 is 2.62 bits per heavy atom. The molecule has 0 radical (unpaired) electrons. The highest BCUT2D eigenvalue weighted by molar-refractivity contribution is 5.92. The summed E-state index contributed by atoms with van der Waals surface area (Å²) in [5.74, 6) is -3.13. The number of nitrogens with one attached hydrogen (secondary N) is 2. The molecule has 1 aliphatic heterocycles. The maximum Gasteiger partial charge on any atom is 0.322 e. The molecule has 0 bridgehead atoms. The lowest BCUT2D eigenvalue weighted by molar-refractivity contribution is -0.144. The van der Waals surface area contributed by atoms with Crippen LogP contribution in [0.15, 0.2) is 18.2 Å². The van der Waals surface area contributed by atoms with Gasteiger partial charge in [-0.3, -0.25) is 14.5 Å². The average molecular weight is 299 g/mol. The molecule has 114 valence electrons. The summed E-state index contributed by atoms with van der Waals surface area (Å²) in [6.07, 6.45) is 0. The smallest absolute Gasteiger partial charge is 0.322 e. The van der Waals surface area contributed by atoms with Gasteiger partial charge in [0.05, 0.1) is 6.54 Å². The Hall–Kier alpha value is -2.06. The maximum absolute atomic E-state index is 13.0. The molecule has 0 aromatic heterocycles. The zero-order valence-corrected chi connectivity index (χ0v) is 11.1. The lowest BCUT2D eigenvalue weighted by atomic mass is 10.2. The van der Waals surface area contributed by atoms with E-state index in [-0.39, 0.29) is 18.8 Å². The molecule has 1 aromatic carbocycles. The number of carbonyl (C=O) groups excluding carboxylic acids is 1. The number of anilines is 1. The van der Waals surface area contributed by atoms with Gasteiger partial charge in [0.25, 0.3) is 0 Å². The highest BCUT2D eigenvalue weighted by atomic mass is 19.1. The van der Waals surface area contributed by atoms with E-state index in [1.54, 1.807) is 0 Å². The van der Waals surface area contributed by atoms with Crippen molar-refractivity contribution >= 4 is 17.6 Å².